The molecule has 0 atom stereocenters. The lowest BCUT2D eigenvalue weighted by Crippen LogP contribution is -2.47. The Balaban J connectivity index is 1.97. The Bertz CT molecular complexity index is 178. The highest BCUT2D eigenvalue weighted by Crippen LogP contribution is 2.22. The SMILES string of the molecule is CCOC(=O)CNC1CC(OCC)C1. The Hall–Kier alpha value is -0.610. The lowest BCUT2D eigenvalue weighted by atomic mass is 9.89. The Morgan fingerprint density at radius 1 is 1.36 bits per heavy atom. The first kappa shape index (κ1) is 11.5. The van der Waals surface area contributed by atoms with E-state index in [1.165, 1.54) is 0 Å². The van der Waals surface area contributed by atoms with Crippen LogP contribution in [0.15, 0.2) is 0 Å². The van der Waals surface area contributed by atoms with Crippen LogP contribution in [-0.4, -0.2) is 37.9 Å². The molecule has 1 fully saturated rings. The molecule has 14 heavy (non-hydrogen) atoms. The highest BCUT2D eigenvalue weighted by molar-refractivity contribution is 5.71. The molecule has 0 aromatic rings. The fraction of sp³-hybridized carbons (Fsp3) is 0.900. The summed E-state index contributed by atoms with van der Waals surface area (Å²) in [5.41, 5.74) is 0. The monoisotopic (exact) mass is 201 g/mol. The van der Waals surface area contributed by atoms with Crippen molar-refractivity contribution in [2.45, 2.75) is 38.8 Å². The molecule has 82 valence electrons. The number of hydrogen-bond donors (Lipinski definition) is 1. The van der Waals surface area contributed by atoms with Gasteiger partial charge in [-0.2, -0.15) is 0 Å². The standard InChI is InChI=1S/C10H19NO3/c1-3-13-9-5-8(6-9)11-7-10(12)14-4-2/h8-9,11H,3-7H2,1-2H3. The number of ether oxygens (including phenoxy) is 2. The minimum atomic E-state index is -0.174. The molecule has 4 nitrogen and oxygen atoms in total. The summed E-state index contributed by atoms with van der Waals surface area (Å²) in [6.45, 7) is 5.35. The molecule has 0 aromatic heterocycles. The van der Waals surface area contributed by atoms with Gasteiger partial charge in [0.25, 0.3) is 0 Å². The van der Waals surface area contributed by atoms with Gasteiger partial charge in [0.05, 0.1) is 19.3 Å². The third-order valence-corrected chi connectivity index (χ3v) is 2.34. The van der Waals surface area contributed by atoms with E-state index in [-0.39, 0.29) is 5.97 Å². The highest BCUT2D eigenvalue weighted by atomic mass is 16.5. The molecular weight excluding hydrogens is 182 g/mol. The molecule has 0 radical (unpaired) electrons. The van der Waals surface area contributed by atoms with E-state index in [1.807, 2.05) is 13.8 Å². The van der Waals surface area contributed by atoms with E-state index >= 15 is 0 Å². The zero-order valence-electron chi connectivity index (χ0n) is 8.91. The number of carbonyl (C=O) groups excluding carboxylic acids is 1. The Labute approximate surface area is 85.0 Å². The number of carbonyl (C=O) groups is 1. The second-order valence-electron chi connectivity index (χ2n) is 3.43. The Morgan fingerprint density at radius 3 is 2.64 bits per heavy atom. The largest absolute Gasteiger partial charge is 0.465 e. The topological polar surface area (TPSA) is 47.6 Å². The molecule has 0 bridgehead atoms. The minimum Gasteiger partial charge on any atom is -0.465 e. The van der Waals surface area contributed by atoms with Crippen LogP contribution in [0.2, 0.25) is 0 Å². The van der Waals surface area contributed by atoms with Crippen LogP contribution in [0.5, 0.6) is 0 Å². The lowest BCUT2D eigenvalue weighted by molar-refractivity contribution is -0.142. The predicted octanol–water partition coefficient (Wildman–Crippen LogP) is 0.707. The maximum absolute atomic E-state index is 11.0. The van der Waals surface area contributed by atoms with Crippen molar-refractivity contribution in [2.24, 2.45) is 0 Å². The van der Waals surface area contributed by atoms with Crippen molar-refractivity contribution >= 4 is 5.97 Å². The number of rotatable bonds is 6. The average molecular weight is 201 g/mol. The molecule has 1 aliphatic carbocycles. The number of nitrogens with one attached hydrogen (secondary N) is 1. The molecule has 1 N–H and O–H groups in total. The maximum Gasteiger partial charge on any atom is 0.319 e. The molecule has 1 rings (SSSR count). The van der Waals surface area contributed by atoms with Gasteiger partial charge in [-0.1, -0.05) is 0 Å². The lowest BCUT2D eigenvalue weighted by Gasteiger charge is -2.35. The summed E-state index contributed by atoms with van der Waals surface area (Å²) in [4.78, 5) is 11.0. The van der Waals surface area contributed by atoms with Gasteiger partial charge in [0.2, 0.25) is 0 Å². The van der Waals surface area contributed by atoms with Gasteiger partial charge in [-0.05, 0) is 26.7 Å². The maximum atomic E-state index is 11.0. The van der Waals surface area contributed by atoms with Crippen molar-refractivity contribution in [3.63, 3.8) is 0 Å². The van der Waals surface area contributed by atoms with Crippen molar-refractivity contribution in [3.8, 4) is 0 Å². The average Bonchev–Trinajstić information content (AvgIpc) is 2.09. The second-order valence-corrected chi connectivity index (χ2v) is 3.43. The van der Waals surface area contributed by atoms with E-state index in [2.05, 4.69) is 5.32 Å². The van der Waals surface area contributed by atoms with E-state index in [9.17, 15) is 4.79 Å². The highest BCUT2D eigenvalue weighted by Gasteiger charge is 2.29. The summed E-state index contributed by atoms with van der Waals surface area (Å²) in [5.74, 6) is -0.174. The molecule has 0 aliphatic heterocycles. The van der Waals surface area contributed by atoms with Crippen molar-refractivity contribution in [1.82, 2.24) is 5.32 Å². The van der Waals surface area contributed by atoms with Crippen molar-refractivity contribution in [2.75, 3.05) is 19.8 Å². The summed E-state index contributed by atoms with van der Waals surface area (Å²) in [5, 5.41) is 3.14. The normalized spacial score (nSPS) is 25.6. The van der Waals surface area contributed by atoms with Gasteiger partial charge in [-0.25, -0.2) is 0 Å². The van der Waals surface area contributed by atoms with Crippen molar-refractivity contribution < 1.29 is 14.3 Å². The van der Waals surface area contributed by atoms with Crippen LogP contribution in [-0.2, 0) is 14.3 Å². The Morgan fingerprint density at radius 2 is 2.07 bits per heavy atom. The molecule has 0 heterocycles. The van der Waals surface area contributed by atoms with E-state index in [4.69, 9.17) is 9.47 Å². The van der Waals surface area contributed by atoms with Crippen LogP contribution in [0.3, 0.4) is 0 Å². The van der Waals surface area contributed by atoms with Crippen LogP contribution in [0.4, 0.5) is 0 Å². The van der Waals surface area contributed by atoms with Gasteiger partial charge in [0.1, 0.15) is 0 Å². The van der Waals surface area contributed by atoms with Gasteiger partial charge in [-0.15, -0.1) is 0 Å². The molecule has 1 aliphatic rings. The smallest absolute Gasteiger partial charge is 0.319 e. The molecule has 1 saturated carbocycles. The number of hydrogen-bond acceptors (Lipinski definition) is 4. The molecule has 4 heteroatoms. The summed E-state index contributed by atoms with van der Waals surface area (Å²) in [6.07, 6.45) is 2.40. The second kappa shape index (κ2) is 5.98. The first-order valence-corrected chi connectivity index (χ1v) is 5.26. The zero-order chi connectivity index (χ0) is 10.4. The molecular formula is C10H19NO3. The van der Waals surface area contributed by atoms with Crippen molar-refractivity contribution in [1.29, 1.82) is 0 Å². The van der Waals surface area contributed by atoms with Crippen molar-refractivity contribution in [3.05, 3.63) is 0 Å². The van der Waals surface area contributed by atoms with Crippen LogP contribution < -0.4 is 5.32 Å². The summed E-state index contributed by atoms with van der Waals surface area (Å²) >= 11 is 0. The summed E-state index contributed by atoms with van der Waals surface area (Å²) < 4.78 is 10.2. The van der Waals surface area contributed by atoms with Gasteiger partial charge in [0, 0.05) is 12.6 Å². The first-order valence-electron chi connectivity index (χ1n) is 5.26. The number of esters is 1. The van der Waals surface area contributed by atoms with Crippen LogP contribution in [0.25, 0.3) is 0 Å². The Kier molecular flexibility index (Phi) is 4.90. The molecule has 0 unspecified atom stereocenters. The van der Waals surface area contributed by atoms with Gasteiger partial charge < -0.3 is 14.8 Å². The molecule has 0 amide bonds. The van der Waals surface area contributed by atoms with E-state index in [0.29, 0.717) is 25.3 Å². The zero-order valence-corrected chi connectivity index (χ0v) is 8.91. The predicted molar refractivity (Wildman–Crippen MR) is 53.1 cm³/mol. The quantitative estimate of drug-likeness (QED) is 0.643. The summed E-state index contributed by atoms with van der Waals surface area (Å²) in [7, 11) is 0. The van der Waals surface area contributed by atoms with Gasteiger partial charge >= 0.3 is 5.97 Å². The van der Waals surface area contributed by atoms with Crippen LogP contribution >= 0.6 is 0 Å². The minimum absolute atomic E-state index is 0.174. The van der Waals surface area contributed by atoms with Gasteiger partial charge in [0.15, 0.2) is 0 Å². The molecule has 0 spiro atoms. The van der Waals surface area contributed by atoms with E-state index in [0.717, 1.165) is 19.4 Å². The fourth-order valence-corrected chi connectivity index (χ4v) is 1.54. The summed E-state index contributed by atoms with van der Waals surface area (Å²) in [6, 6.07) is 0.427. The van der Waals surface area contributed by atoms with E-state index in [1.54, 1.807) is 0 Å². The van der Waals surface area contributed by atoms with Crippen LogP contribution in [0, 0.1) is 0 Å². The fourth-order valence-electron chi connectivity index (χ4n) is 1.54. The molecule has 0 aromatic carbocycles. The van der Waals surface area contributed by atoms with E-state index < -0.39 is 0 Å². The van der Waals surface area contributed by atoms with Gasteiger partial charge in [-0.3, -0.25) is 4.79 Å². The van der Waals surface area contributed by atoms with Crippen LogP contribution in [0.1, 0.15) is 26.7 Å². The first-order chi connectivity index (χ1) is 6.76. The third kappa shape index (κ3) is 3.64. The third-order valence-electron chi connectivity index (χ3n) is 2.34. The molecule has 0 saturated heterocycles.